The van der Waals surface area contributed by atoms with Gasteiger partial charge in [0.25, 0.3) is 0 Å². The molecular formula is C23H31NO3. The van der Waals surface area contributed by atoms with E-state index in [1.165, 1.54) is 6.42 Å². The predicted octanol–water partition coefficient (Wildman–Crippen LogP) is 3.94. The van der Waals surface area contributed by atoms with Gasteiger partial charge in [0.1, 0.15) is 11.7 Å². The van der Waals surface area contributed by atoms with Crippen molar-refractivity contribution in [2.24, 2.45) is 11.8 Å². The van der Waals surface area contributed by atoms with Gasteiger partial charge in [-0.15, -0.1) is 0 Å². The van der Waals surface area contributed by atoms with E-state index in [1.54, 1.807) is 0 Å². The minimum atomic E-state index is -0.621. The summed E-state index contributed by atoms with van der Waals surface area (Å²) in [6, 6.07) is 4.08. The maximum absolute atomic E-state index is 12.9. The molecular weight excluding hydrogens is 338 g/mol. The van der Waals surface area contributed by atoms with Crippen molar-refractivity contribution in [1.29, 1.82) is 0 Å². The summed E-state index contributed by atoms with van der Waals surface area (Å²) in [4.78, 5) is 37.8. The molecule has 4 heteroatoms. The summed E-state index contributed by atoms with van der Waals surface area (Å²) in [5.41, 5.74) is 4.08. The SMILES string of the molecule is Cc1cc(C)c(C2C(=O)CC(CCNC(=O)C3CCCCC3)C2=O)c(C)c1. The van der Waals surface area contributed by atoms with E-state index in [9.17, 15) is 14.4 Å². The second-order valence-electron chi connectivity index (χ2n) is 8.43. The molecule has 1 N–H and O–H groups in total. The van der Waals surface area contributed by atoms with E-state index in [4.69, 9.17) is 0 Å². The van der Waals surface area contributed by atoms with Gasteiger partial charge in [0, 0.05) is 24.8 Å². The Bertz CT molecular complexity index is 723. The molecule has 2 fully saturated rings. The fraction of sp³-hybridized carbons (Fsp3) is 0.609. The van der Waals surface area contributed by atoms with Gasteiger partial charge < -0.3 is 5.32 Å². The third kappa shape index (κ3) is 4.31. The molecule has 2 saturated carbocycles. The summed E-state index contributed by atoms with van der Waals surface area (Å²) in [6.07, 6.45) is 6.29. The molecule has 0 aromatic heterocycles. The van der Waals surface area contributed by atoms with E-state index in [-0.39, 0.29) is 29.3 Å². The molecule has 2 atom stereocenters. The molecule has 2 aliphatic rings. The van der Waals surface area contributed by atoms with Gasteiger partial charge in [0.15, 0.2) is 5.78 Å². The van der Waals surface area contributed by atoms with Crippen molar-refractivity contribution < 1.29 is 14.4 Å². The molecule has 0 bridgehead atoms. The third-order valence-corrected chi connectivity index (χ3v) is 6.25. The monoisotopic (exact) mass is 369 g/mol. The van der Waals surface area contributed by atoms with Crippen LogP contribution in [-0.2, 0) is 14.4 Å². The first-order chi connectivity index (χ1) is 12.9. The van der Waals surface area contributed by atoms with Gasteiger partial charge in [-0.25, -0.2) is 0 Å². The minimum absolute atomic E-state index is 0.0265. The van der Waals surface area contributed by atoms with E-state index >= 15 is 0 Å². The number of ketones is 2. The summed E-state index contributed by atoms with van der Waals surface area (Å²) < 4.78 is 0. The Morgan fingerprint density at radius 1 is 1.04 bits per heavy atom. The van der Waals surface area contributed by atoms with Crippen LogP contribution in [0.3, 0.4) is 0 Å². The Hall–Kier alpha value is -1.97. The van der Waals surface area contributed by atoms with E-state index in [2.05, 4.69) is 5.32 Å². The maximum Gasteiger partial charge on any atom is 0.223 e. The van der Waals surface area contributed by atoms with Crippen molar-refractivity contribution in [3.63, 3.8) is 0 Å². The molecule has 146 valence electrons. The van der Waals surface area contributed by atoms with Gasteiger partial charge in [-0.05, 0) is 56.7 Å². The number of hydrogen-bond acceptors (Lipinski definition) is 3. The fourth-order valence-electron chi connectivity index (χ4n) is 4.93. The molecule has 4 nitrogen and oxygen atoms in total. The predicted molar refractivity (Wildman–Crippen MR) is 106 cm³/mol. The number of carbonyl (C=O) groups excluding carboxylic acids is 3. The number of nitrogens with one attached hydrogen (secondary N) is 1. The minimum Gasteiger partial charge on any atom is -0.356 e. The standard InChI is InChI=1S/C23H31NO3/c1-14-11-15(2)20(16(3)12-14)21-19(25)13-18(22(21)26)9-10-24-23(27)17-7-5-4-6-8-17/h11-12,17-18,21H,4-10,13H2,1-3H3,(H,24,27). The lowest BCUT2D eigenvalue weighted by atomic mass is 9.86. The van der Waals surface area contributed by atoms with Crippen molar-refractivity contribution in [2.45, 2.75) is 71.6 Å². The lowest BCUT2D eigenvalue weighted by molar-refractivity contribution is -0.127. The van der Waals surface area contributed by atoms with E-state index in [0.29, 0.717) is 19.4 Å². The number of benzene rings is 1. The van der Waals surface area contributed by atoms with Gasteiger partial charge in [-0.1, -0.05) is 37.0 Å². The molecule has 0 heterocycles. The van der Waals surface area contributed by atoms with Crippen LogP contribution in [-0.4, -0.2) is 24.0 Å². The van der Waals surface area contributed by atoms with E-state index in [0.717, 1.165) is 47.9 Å². The molecule has 0 aliphatic heterocycles. The second-order valence-corrected chi connectivity index (χ2v) is 8.43. The normalized spacial score (nSPS) is 23.7. The van der Waals surface area contributed by atoms with Gasteiger partial charge in [0.05, 0.1) is 0 Å². The first-order valence-corrected chi connectivity index (χ1v) is 10.3. The van der Waals surface area contributed by atoms with Crippen LogP contribution in [0, 0.1) is 32.6 Å². The largest absolute Gasteiger partial charge is 0.356 e. The Balaban J connectivity index is 1.60. The molecule has 1 aromatic carbocycles. The Kier molecular flexibility index (Phi) is 6.13. The number of rotatable bonds is 5. The van der Waals surface area contributed by atoms with Crippen LogP contribution in [0.4, 0.5) is 0 Å². The van der Waals surface area contributed by atoms with Crippen LogP contribution < -0.4 is 5.32 Å². The zero-order valence-corrected chi connectivity index (χ0v) is 16.8. The number of aryl methyl sites for hydroxylation is 3. The summed E-state index contributed by atoms with van der Waals surface area (Å²) in [5, 5.41) is 3.00. The molecule has 3 rings (SSSR count). The maximum atomic E-state index is 12.9. The smallest absolute Gasteiger partial charge is 0.223 e. The fourth-order valence-corrected chi connectivity index (χ4v) is 4.93. The Morgan fingerprint density at radius 2 is 1.67 bits per heavy atom. The molecule has 1 amide bonds. The van der Waals surface area contributed by atoms with Crippen molar-refractivity contribution >= 4 is 17.5 Å². The molecule has 0 spiro atoms. The van der Waals surface area contributed by atoms with Crippen molar-refractivity contribution in [1.82, 2.24) is 5.32 Å². The summed E-state index contributed by atoms with van der Waals surface area (Å²) >= 11 is 0. The number of amides is 1. The van der Waals surface area contributed by atoms with Crippen LogP contribution in [0.1, 0.15) is 73.1 Å². The van der Waals surface area contributed by atoms with Crippen LogP contribution in [0.15, 0.2) is 12.1 Å². The highest BCUT2D eigenvalue weighted by atomic mass is 16.2. The average molecular weight is 370 g/mol. The first kappa shape index (κ1) is 19.8. The highest BCUT2D eigenvalue weighted by Gasteiger charge is 2.42. The highest BCUT2D eigenvalue weighted by Crippen LogP contribution is 2.37. The number of carbonyl (C=O) groups is 3. The highest BCUT2D eigenvalue weighted by molar-refractivity contribution is 6.15. The van der Waals surface area contributed by atoms with Crippen LogP contribution >= 0.6 is 0 Å². The molecule has 1 aromatic rings. The van der Waals surface area contributed by atoms with Gasteiger partial charge in [-0.2, -0.15) is 0 Å². The Labute approximate surface area is 162 Å². The quantitative estimate of drug-likeness (QED) is 0.800. The summed E-state index contributed by atoms with van der Waals surface area (Å²) in [5.74, 6) is -0.585. The van der Waals surface area contributed by atoms with Gasteiger partial charge in [-0.3, -0.25) is 14.4 Å². The zero-order valence-electron chi connectivity index (χ0n) is 16.8. The third-order valence-electron chi connectivity index (χ3n) is 6.25. The molecule has 2 aliphatic carbocycles. The summed E-state index contributed by atoms with van der Waals surface area (Å²) in [7, 11) is 0. The lowest BCUT2D eigenvalue weighted by Crippen LogP contribution is -2.33. The average Bonchev–Trinajstić information content (AvgIpc) is 2.89. The number of hydrogen-bond donors (Lipinski definition) is 1. The van der Waals surface area contributed by atoms with Gasteiger partial charge >= 0.3 is 0 Å². The molecule has 27 heavy (non-hydrogen) atoms. The van der Waals surface area contributed by atoms with Crippen LogP contribution in [0.5, 0.6) is 0 Å². The van der Waals surface area contributed by atoms with E-state index < -0.39 is 5.92 Å². The molecule has 2 unspecified atom stereocenters. The zero-order chi connectivity index (χ0) is 19.6. The van der Waals surface area contributed by atoms with E-state index in [1.807, 2.05) is 32.9 Å². The lowest BCUT2D eigenvalue weighted by Gasteiger charge is -2.21. The molecule has 0 radical (unpaired) electrons. The topological polar surface area (TPSA) is 63.2 Å². The Morgan fingerprint density at radius 3 is 2.30 bits per heavy atom. The second kappa shape index (κ2) is 8.37. The number of Topliss-reactive ketones (excluding diaryl/α,β-unsaturated/α-hetero) is 2. The van der Waals surface area contributed by atoms with Gasteiger partial charge in [0.2, 0.25) is 5.91 Å². The van der Waals surface area contributed by atoms with Crippen LogP contribution in [0.25, 0.3) is 0 Å². The van der Waals surface area contributed by atoms with Crippen molar-refractivity contribution in [2.75, 3.05) is 6.54 Å². The summed E-state index contributed by atoms with van der Waals surface area (Å²) in [6.45, 7) is 6.47. The van der Waals surface area contributed by atoms with Crippen molar-refractivity contribution in [3.05, 3.63) is 34.4 Å². The first-order valence-electron chi connectivity index (χ1n) is 10.3. The van der Waals surface area contributed by atoms with Crippen LogP contribution in [0.2, 0.25) is 0 Å². The molecule has 0 saturated heterocycles. The van der Waals surface area contributed by atoms with Crippen molar-refractivity contribution in [3.8, 4) is 0 Å².